The Bertz CT molecular complexity index is 1420. The van der Waals surface area contributed by atoms with Gasteiger partial charge in [-0.2, -0.15) is 13.2 Å². The summed E-state index contributed by atoms with van der Waals surface area (Å²) in [5.74, 6) is -0.855. The number of pyridine rings is 1. The SMILES string of the molecule is CC(C)(C)OC(=O)N1CCC(COc2cc(NC(=O)c3cccnc3NCc3ccc(F)cc3)cc(C(F)(F)F)c2)CC1. The number of aromatic nitrogens is 1. The summed E-state index contributed by atoms with van der Waals surface area (Å²) in [4.78, 5) is 31.2. The molecule has 4 rings (SSSR count). The van der Waals surface area contributed by atoms with Crippen molar-refractivity contribution in [3.05, 3.63) is 83.3 Å². The number of rotatable bonds is 8. The number of ether oxygens (including phenoxy) is 2. The van der Waals surface area contributed by atoms with E-state index in [9.17, 15) is 27.2 Å². The van der Waals surface area contributed by atoms with E-state index in [1.807, 2.05) is 0 Å². The van der Waals surface area contributed by atoms with Crippen molar-refractivity contribution in [2.75, 3.05) is 30.3 Å². The Morgan fingerprint density at radius 2 is 1.72 bits per heavy atom. The summed E-state index contributed by atoms with van der Waals surface area (Å²) in [5.41, 5.74) is -0.814. The lowest BCUT2D eigenvalue weighted by atomic mass is 9.98. The smallest absolute Gasteiger partial charge is 0.416 e. The molecule has 2 aromatic carbocycles. The number of amides is 2. The third kappa shape index (κ3) is 9.32. The molecular formula is C31H34F4N4O4. The first kappa shape index (κ1) is 31.6. The molecule has 0 unspecified atom stereocenters. The maximum atomic E-state index is 13.7. The average molecular weight is 603 g/mol. The Labute approximate surface area is 247 Å². The molecule has 1 saturated heterocycles. The van der Waals surface area contributed by atoms with Crippen LogP contribution in [0.1, 0.15) is 55.1 Å². The summed E-state index contributed by atoms with van der Waals surface area (Å²) in [7, 11) is 0. The zero-order valence-electron chi connectivity index (χ0n) is 24.1. The second kappa shape index (κ2) is 13.3. The molecule has 1 aromatic heterocycles. The number of carbonyl (C=O) groups is 2. The van der Waals surface area contributed by atoms with Gasteiger partial charge in [-0.05, 0) is 81.5 Å². The molecule has 0 aliphatic carbocycles. The van der Waals surface area contributed by atoms with Crippen LogP contribution in [0.2, 0.25) is 0 Å². The Kier molecular flexibility index (Phi) is 9.77. The zero-order chi connectivity index (χ0) is 31.2. The first-order chi connectivity index (χ1) is 20.3. The highest BCUT2D eigenvalue weighted by atomic mass is 19.4. The van der Waals surface area contributed by atoms with Crippen molar-refractivity contribution < 1.29 is 36.6 Å². The summed E-state index contributed by atoms with van der Waals surface area (Å²) in [6.45, 7) is 6.68. The maximum Gasteiger partial charge on any atom is 0.416 e. The molecule has 0 bridgehead atoms. The van der Waals surface area contributed by atoms with Gasteiger partial charge in [-0.25, -0.2) is 14.2 Å². The lowest BCUT2D eigenvalue weighted by molar-refractivity contribution is -0.137. The van der Waals surface area contributed by atoms with Crippen LogP contribution < -0.4 is 15.4 Å². The fourth-order valence-electron chi connectivity index (χ4n) is 4.46. The van der Waals surface area contributed by atoms with Gasteiger partial charge in [0, 0.05) is 37.6 Å². The van der Waals surface area contributed by atoms with Gasteiger partial charge >= 0.3 is 12.3 Å². The molecule has 3 aromatic rings. The quantitative estimate of drug-likeness (QED) is 0.267. The molecule has 2 heterocycles. The van der Waals surface area contributed by atoms with E-state index < -0.39 is 29.3 Å². The van der Waals surface area contributed by atoms with Crippen LogP contribution >= 0.6 is 0 Å². The van der Waals surface area contributed by atoms with Crippen molar-refractivity contribution in [3.8, 4) is 5.75 Å². The van der Waals surface area contributed by atoms with Crippen LogP contribution in [0, 0.1) is 11.7 Å². The summed E-state index contributed by atoms with van der Waals surface area (Å²) < 4.78 is 65.6. The third-order valence-corrected chi connectivity index (χ3v) is 6.67. The lowest BCUT2D eigenvalue weighted by Gasteiger charge is -2.33. The normalized spacial score (nSPS) is 14.3. The number of piperidine rings is 1. The van der Waals surface area contributed by atoms with E-state index in [0.29, 0.717) is 25.9 Å². The topological polar surface area (TPSA) is 92.8 Å². The Morgan fingerprint density at radius 1 is 1.02 bits per heavy atom. The van der Waals surface area contributed by atoms with Crippen LogP contribution in [-0.2, 0) is 17.5 Å². The van der Waals surface area contributed by atoms with Gasteiger partial charge in [0.2, 0.25) is 0 Å². The molecule has 43 heavy (non-hydrogen) atoms. The molecule has 230 valence electrons. The molecule has 1 fully saturated rings. The van der Waals surface area contributed by atoms with Gasteiger partial charge in [-0.15, -0.1) is 0 Å². The fourth-order valence-corrected chi connectivity index (χ4v) is 4.46. The number of hydrogen-bond acceptors (Lipinski definition) is 6. The van der Waals surface area contributed by atoms with E-state index >= 15 is 0 Å². The summed E-state index contributed by atoms with van der Waals surface area (Å²) in [6, 6.07) is 11.9. The molecule has 8 nitrogen and oxygen atoms in total. The van der Waals surface area contributed by atoms with Crippen LogP contribution in [0.3, 0.4) is 0 Å². The highest BCUT2D eigenvalue weighted by molar-refractivity contribution is 6.07. The Hall–Kier alpha value is -4.35. The first-order valence-corrected chi connectivity index (χ1v) is 13.8. The van der Waals surface area contributed by atoms with Gasteiger partial charge in [-0.1, -0.05) is 12.1 Å². The van der Waals surface area contributed by atoms with Gasteiger partial charge in [0.15, 0.2) is 0 Å². The number of halogens is 4. The molecule has 1 aliphatic heterocycles. The van der Waals surface area contributed by atoms with Crippen LogP contribution in [0.5, 0.6) is 5.75 Å². The summed E-state index contributed by atoms with van der Waals surface area (Å²) in [5, 5.41) is 5.53. The second-order valence-corrected chi connectivity index (χ2v) is 11.3. The minimum atomic E-state index is -4.67. The molecule has 0 spiro atoms. The van der Waals surface area contributed by atoms with Crippen molar-refractivity contribution in [1.82, 2.24) is 9.88 Å². The number of carbonyl (C=O) groups excluding carboxylic acids is 2. The number of likely N-dealkylation sites (tertiary alicyclic amines) is 1. The van der Waals surface area contributed by atoms with Crippen molar-refractivity contribution >= 4 is 23.5 Å². The van der Waals surface area contributed by atoms with Crippen LogP contribution in [0.4, 0.5) is 33.9 Å². The molecule has 0 atom stereocenters. The van der Waals surface area contributed by atoms with Gasteiger partial charge in [-0.3, -0.25) is 4.79 Å². The van der Waals surface area contributed by atoms with Crippen molar-refractivity contribution in [2.45, 2.75) is 51.9 Å². The van der Waals surface area contributed by atoms with E-state index in [-0.39, 0.29) is 47.7 Å². The van der Waals surface area contributed by atoms with Gasteiger partial charge < -0.3 is 25.0 Å². The predicted molar refractivity (Wildman–Crippen MR) is 153 cm³/mol. The molecule has 1 aliphatic rings. The number of anilines is 2. The van der Waals surface area contributed by atoms with Crippen LogP contribution in [0.25, 0.3) is 0 Å². The van der Waals surface area contributed by atoms with Crippen molar-refractivity contribution in [3.63, 3.8) is 0 Å². The lowest BCUT2D eigenvalue weighted by Crippen LogP contribution is -2.42. The standard InChI is InChI=1S/C31H34F4N4O4/c1-30(2,3)43-29(41)39-13-10-21(11-14-39)19-42-25-16-22(31(33,34)35)15-24(17-25)38-28(40)26-5-4-12-36-27(26)37-18-20-6-8-23(32)9-7-20/h4-9,12,15-17,21H,10-11,13-14,18-19H2,1-3H3,(H,36,37)(H,38,40). The molecule has 0 radical (unpaired) electrons. The third-order valence-electron chi connectivity index (χ3n) is 6.67. The molecule has 12 heteroatoms. The average Bonchev–Trinajstić information content (AvgIpc) is 2.95. The van der Waals surface area contributed by atoms with Gasteiger partial charge in [0.1, 0.15) is 23.0 Å². The van der Waals surface area contributed by atoms with Crippen molar-refractivity contribution in [2.24, 2.45) is 5.92 Å². The molecule has 0 saturated carbocycles. The first-order valence-electron chi connectivity index (χ1n) is 13.8. The molecule has 2 amide bonds. The Balaban J connectivity index is 1.41. The van der Waals surface area contributed by atoms with E-state index in [2.05, 4.69) is 15.6 Å². The fraction of sp³-hybridized carbons (Fsp3) is 0.387. The van der Waals surface area contributed by atoms with Gasteiger partial charge in [0.05, 0.1) is 17.7 Å². The summed E-state index contributed by atoms with van der Waals surface area (Å²) in [6.07, 6.45) is -2.38. The predicted octanol–water partition coefficient (Wildman–Crippen LogP) is 7.13. The van der Waals surface area contributed by atoms with Crippen molar-refractivity contribution in [1.29, 1.82) is 0 Å². The highest BCUT2D eigenvalue weighted by Gasteiger charge is 2.32. The molecular weight excluding hydrogens is 568 g/mol. The number of hydrogen-bond donors (Lipinski definition) is 2. The van der Waals surface area contributed by atoms with E-state index in [4.69, 9.17) is 9.47 Å². The van der Waals surface area contributed by atoms with E-state index in [1.165, 1.54) is 36.5 Å². The zero-order valence-corrected chi connectivity index (χ0v) is 24.1. The van der Waals surface area contributed by atoms with E-state index in [0.717, 1.165) is 17.7 Å². The number of nitrogens with one attached hydrogen (secondary N) is 2. The maximum absolute atomic E-state index is 13.7. The minimum absolute atomic E-state index is 0.0244. The molecule has 2 N–H and O–H groups in total. The highest BCUT2D eigenvalue weighted by Crippen LogP contribution is 2.35. The largest absolute Gasteiger partial charge is 0.493 e. The number of alkyl halides is 3. The monoisotopic (exact) mass is 602 g/mol. The van der Waals surface area contributed by atoms with Gasteiger partial charge in [0.25, 0.3) is 5.91 Å². The number of nitrogens with zero attached hydrogens (tertiary/aromatic N) is 2. The van der Waals surface area contributed by atoms with Crippen LogP contribution in [0.15, 0.2) is 60.8 Å². The summed E-state index contributed by atoms with van der Waals surface area (Å²) >= 11 is 0. The minimum Gasteiger partial charge on any atom is -0.493 e. The van der Waals surface area contributed by atoms with E-state index in [1.54, 1.807) is 37.8 Å². The Morgan fingerprint density at radius 3 is 2.37 bits per heavy atom. The second-order valence-electron chi connectivity index (χ2n) is 11.3. The number of benzene rings is 2. The van der Waals surface area contributed by atoms with Crippen LogP contribution in [-0.4, -0.2) is 47.2 Å².